The van der Waals surface area contributed by atoms with E-state index in [4.69, 9.17) is 10.5 Å². The Kier molecular flexibility index (Phi) is 5.95. The Hall–Kier alpha value is -1.95. The van der Waals surface area contributed by atoms with Gasteiger partial charge in [0.15, 0.2) is 0 Å². The molecule has 0 bridgehead atoms. The number of nitrogens with two attached hydrogens (primary N) is 1. The lowest BCUT2D eigenvalue weighted by molar-refractivity contribution is -0.142. The highest BCUT2D eigenvalue weighted by molar-refractivity contribution is 5.92. The van der Waals surface area contributed by atoms with Crippen molar-refractivity contribution < 1.29 is 18.7 Å². The van der Waals surface area contributed by atoms with Gasteiger partial charge in [0.25, 0.3) is 0 Å². The number of ether oxygens (including phenoxy) is 1. The zero-order valence-electron chi connectivity index (χ0n) is 10.7. The van der Waals surface area contributed by atoms with Gasteiger partial charge in [0.05, 0.1) is 13.0 Å². The molecule has 1 aromatic rings. The SMILES string of the molecule is CCOC(=O)CCNCc1ccc(C(N)=O)cc1F. The van der Waals surface area contributed by atoms with Gasteiger partial charge < -0.3 is 15.8 Å². The van der Waals surface area contributed by atoms with Crippen LogP contribution in [0.1, 0.15) is 29.3 Å². The van der Waals surface area contributed by atoms with Crippen molar-refractivity contribution in [2.75, 3.05) is 13.2 Å². The van der Waals surface area contributed by atoms with Crippen LogP contribution in [0.5, 0.6) is 0 Å². The van der Waals surface area contributed by atoms with Crippen molar-refractivity contribution in [3.8, 4) is 0 Å². The van der Waals surface area contributed by atoms with Gasteiger partial charge in [0.2, 0.25) is 5.91 Å². The fourth-order valence-corrected chi connectivity index (χ4v) is 1.49. The second-order valence-corrected chi connectivity index (χ2v) is 3.90. The molecule has 0 saturated carbocycles. The molecule has 5 nitrogen and oxygen atoms in total. The summed E-state index contributed by atoms with van der Waals surface area (Å²) in [5.41, 5.74) is 5.59. The summed E-state index contributed by atoms with van der Waals surface area (Å²) < 4.78 is 18.3. The van der Waals surface area contributed by atoms with Gasteiger partial charge in [-0.05, 0) is 19.1 Å². The third kappa shape index (κ3) is 5.05. The Bertz CT molecular complexity index is 463. The first-order valence-corrected chi connectivity index (χ1v) is 5.99. The minimum atomic E-state index is -0.666. The summed E-state index contributed by atoms with van der Waals surface area (Å²) in [6.07, 6.45) is 0.231. The average Bonchev–Trinajstić information content (AvgIpc) is 2.36. The van der Waals surface area contributed by atoms with E-state index in [0.717, 1.165) is 6.07 Å². The monoisotopic (exact) mass is 268 g/mol. The van der Waals surface area contributed by atoms with Crippen LogP contribution in [0.2, 0.25) is 0 Å². The number of rotatable bonds is 7. The van der Waals surface area contributed by atoms with Crippen LogP contribution in [-0.4, -0.2) is 25.0 Å². The number of carbonyl (C=O) groups excluding carboxylic acids is 2. The predicted octanol–water partition coefficient (Wildman–Crippen LogP) is 0.967. The number of carbonyl (C=O) groups is 2. The topological polar surface area (TPSA) is 81.4 Å². The van der Waals surface area contributed by atoms with E-state index in [2.05, 4.69) is 5.32 Å². The van der Waals surface area contributed by atoms with Gasteiger partial charge in [-0.15, -0.1) is 0 Å². The molecule has 0 heterocycles. The number of hydrogen-bond acceptors (Lipinski definition) is 4. The number of hydrogen-bond donors (Lipinski definition) is 2. The van der Waals surface area contributed by atoms with E-state index in [1.807, 2.05) is 0 Å². The van der Waals surface area contributed by atoms with Crippen molar-refractivity contribution >= 4 is 11.9 Å². The number of halogens is 1. The van der Waals surface area contributed by atoms with Crippen LogP contribution in [0.15, 0.2) is 18.2 Å². The quantitative estimate of drug-likeness (QED) is 0.570. The van der Waals surface area contributed by atoms with Crippen molar-refractivity contribution in [2.24, 2.45) is 5.73 Å². The minimum absolute atomic E-state index is 0.132. The molecule has 0 aromatic heterocycles. The Labute approximate surface area is 110 Å². The lowest BCUT2D eigenvalue weighted by Crippen LogP contribution is -2.20. The molecular weight excluding hydrogens is 251 g/mol. The molecule has 0 unspecified atom stereocenters. The fourth-order valence-electron chi connectivity index (χ4n) is 1.49. The van der Waals surface area contributed by atoms with Gasteiger partial charge in [-0.1, -0.05) is 6.07 Å². The molecular formula is C13H17FN2O3. The second kappa shape index (κ2) is 7.48. The lowest BCUT2D eigenvalue weighted by Gasteiger charge is -2.07. The van der Waals surface area contributed by atoms with E-state index in [9.17, 15) is 14.0 Å². The van der Waals surface area contributed by atoms with Gasteiger partial charge >= 0.3 is 5.97 Å². The molecule has 0 aliphatic carbocycles. The van der Waals surface area contributed by atoms with Gasteiger partial charge in [-0.2, -0.15) is 0 Å². The Morgan fingerprint density at radius 2 is 2.16 bits per heavy atom. The second-order valence-electron chi connectivity index (χ2n) is 3.90. The first-order chi connectivity index (χ1) is 9.04. The van der Waals surface area contributed by atoms with Crippen molar-refractivity contribution in [1.82, 2.24) is 5.32 Å². The highest BCUT2D eigenvalue weighted by Crippen LogP contribution is 2.10. The summed E-state index contributed by atoms with van der Waals surface area (Å²) in [5.74, 6) is -1.46. The molecule has 0 fully saturated rings. The minimum Gasteiger partial charge on any atom is -0.466 e. The maximum atomic E-state index is 13.6. The molecule has 0 aliphatic heterocycles. The van der Waals surface area contributed by atoms with Crippen LogP contribution in [-0.2, 0) is 16.1 Å². The third-order valence-electron chi connectivity index (χ3n) is 2.46. The summed E-state index contributed by atoms with van der Waals surface area (Å²) in [6, 6.07) is 4.06. The number of nitrogens with one attached hydrogen (secondary N) is 1. The van der Waals surface area contributed by atoms with Crippen LogP contribution in [0.3, 0.4) is 0 Å². The third-order valence-corrected chi connectivity index (χ3v) is 2.46. The Balaban J connectivity index is 2.41. The molecule has 19 heavy (non-hydrogen) atoms. The van der Waals surface area contributed by atoms with E-state index in [1.165, 1.54) is 12.1 Å². The van der Waals surface area contributed by atoms with E-state index in [0.29, 0.717) is 18.7 Å². The smallest absolute Gasteiger partial charge is 0.307 e. The maximum Gasteiger partial charge on any atom is 0.307 e. The number of esters is 1. The highest BCUT2D eigenvalue weighted by Gasteiger charge is 2.07. The van der Waals surface area contributed by atoms with Crippen LogP contribution in [0.4, 0.5) is 4.39 Å². The molecule has 1 rings (SSSR count). The van der Waals surface area contributed by atoms with Gasteiger partial charge in [-0.25, -0.2) is 4.39 Å². The van der Waals surface area contributed by atoms with Crippen LogP contribution < -0.4 is 11.1 Å². The number of primary amides is 1. The molecule has 6 heteroatoms. The van der Waals surface area contributed by atoms with Gasteiger partial charge in [0.1, 0.15) is 5.82 Å². The van der Waals surface area contributed by atoms with E-state index < -0.39 is 11.7 Å². The van der Waals surface area contributed by atoms with Crippen molar-refractivity contribution in [3.63, 3.8) is 0 Å². The van der Waals surface area contributed by atoms with E-state index in [1.54, 1.807) is 6.92 Å². The molecule has 0 aliphatic rings. The van der Waals surface area contributed by atoms with E-state index >= 15 is 0 Å². The lowest BCUT2D eigenvalue weighted by atomic mass is 10.1. The molecule has 1 aromatic carbocycles. The predicted molar refractivity (Wildman–Crippen MR) is 67.9 cm³/mol. The molecule has 1 amide bonds. The largest absolute Gasteiger partial charge is 0.466 e. The summed E-state index contributed by atoms with van der Waals surface area (Å²) in [7, 11) is 0. The summed E-state index contributed by atoms with van der Waals surface area (Å²) in [4.78, 5) is 21.9. The Morgan fingerprint density at radius 3 is 2.74 bits per heavy atom. The fraction of sp³-hybridized carbons (Fsp3) is 0.385. The zero-order valence-corrected chi connectivity index (χ0v) is 10.7. The maximum absolute atomic E-state index is 13.6. The summed E-state index contributed by atoms with van der Waals surface area (Å²) in [5, 5.41) is 2.92. The molecule has 0 spiro atoms. The molecule has 0 radical (unpaired) electrons. The molecule has 3 N–H and O–H groups in total. The van der Waals surface area contributed by atoms with Crippen molar-refractivity contribution in [2.45, 2.75) is 19.9 Å². The van der Waals surface area contributed by atoms with Crippen molar-refractivity contribution in [3.05, 3.63) is 35.1 Å². The van der Waals surface area contributed by atoms with Gasteiger partial charge in [-0.3, -0.25) is 9.59 Å². The van der Waals surface area contributed by atoms with Crippen LogP contribution in [0, 0.1) is 5.82 Å². The molecule has 0 saturated heterocycles. The number of benzene rings is 1. The first kappa shape index (κ1) is 15.1. The van der Waals surface area contributed by atoms with Crippen molar-refractivity contribution in [1.29, 1.82) is 0 Å². The van der Waals surface area contributed by atoms with Gasteiger partial charge in [0, 0.05) is 24.2 Å². The van der Waals surface area contributed by atoms with E-state index in [-0.39, 0.29) is 24.5 Å². The summed E-state index contributed by atoms with van der Waals surface area (Å²) in [6.45, 7) is 2.75. The zero-order chi connectivity index (χ0) is 14.3. The Morgan fingerprint density at radius 1 is 1.42 bits per heavy atom. The number of amides is 1. The van der Waals surface area contributed by atoms with Crippen LogP contribution >= 0.6 is 0 Å². The molecule has 104 valence electrons. The first-order valence-electron chi connectivity index (χ1n) is 5.99. The highest BCUT2D eigenvalue weighted by atomic mass is 19.1. The normalized spacial score (nSPS) is 10.2. The average molecular weight is 268 g/mol. The van der Waals surface area contributed by atoms with Crippen LogP contribution in [0.25, 0.3) is 0 Å². The standard InChI is InChI=1S/C13H17FN2O3/c1-2-19-12(17)5-6-16-8-10-4-3-9(13(15)18)7-11(10)14/h3-4,7,16H,2,5-6,8H2,1H3,(H2,15,18). The summed E-state index contributed by atoms with van der Waals surface area (Å²) >= 11 is 0. The molecule has 0 atom stereocenters.